The first-order valence-electron chi connectivity index (χ1n) is 7.51. The van der Waals surface area contributed by atoms with Crippen molar-refractivity contribution in [2.24, 2.45) is 0 Å². The lowest BCUT2D eigenvalue weighted by atomic mass is 10.1. The number of nitrogen functional groups attached to an aromatic ring is 1. The molecule has 0 amide bonds. The van der Waals surface area contributed by atoms with Crippen LogP contribution in [0.15, 0.2) is 30.6 Å². The molecule has 1 aromatic carbocycles. The highest BCUT2D eigenvalue weighted by Gasteiger charge is 2.13. The molecule has 0 bridgehead atoms. The summed E-state index contributed by atoms with van der Waals surface area (Å²) in [6.07, 6.45) is 3.64. The maximum absolute atomic E-state index is 6.00. The van der Waals surface area contributed by atoms with Crippen molar-refractivity contribution in [3.05, 3.63) is 30.6 Å². The summed E-state index contributed by atoms with van der Waals surface area (Å²) in [5.74, 6) is 0. The first kappa shape index (κ1) is 14.1. The van der Waals surface area contributed by atoms with Gasteiger partial charge in [-0.2, -0.15) is 0 Å². The molecule has 1 fully saturated rings. The molecule has 1 saturated heterocycles. The van der Waals surface area contributed by atoms with Crippen LogP contribution in [0.3, 0.4) is 0 Å². The smallest absolute Gasteiger partial charge is 0.0422 e. The third kappa shape index (κ3) is 3.25. The second kappa shape index (κ2) is 6.28. The molecule has 112 valence electrons. The minimum absolute atomic E-state index is 0.780. The molecule has 0 unspecified atom stereocenters. The largest absolute Gasteiger partial charge is 0.398 e. The highest BCUT2D eigenvalue weighted by Crippen LogP contribution is 2.27. The number of rotatable bonds is 4. The van der Waals surface area contributed by atoms with Gasteiger partial charge in [0.05, 0.1) is 0 Å². The topological polar surface area (TPSA) is 57.4 Å². The van der Waals surface area contributed by atoms with Gasteiger partial charge in [-0.3, -0.25) is 9.88 Å². The lowest BCUT2D eigenvalue weighted by Crippen LogP contribution is -2.45. The number of pyridine rings is 1. The second-order valence-electron chi connectivity index (χ2n) is 5.70. The van der Waals surface area contributed by atoms with Gasteiger partial charge in [-0.25, -0.2) is 0 Å². The number of nitrogens with zero attached hydrogens (tertiary/aromatic N) is 3. The Hall–Kier alpha value is -1.85. The van der Waals surface area contributed by atoms with Crippen LogP contribution < -0.4 is 11.1 Å². The number of anilines is 2. The van der Waals surface area contributed by atoms with Gasteiger partial charge in [0, 0.05) is 73.8 Å². The van der Waals surface area contributed by atoms with Crippen LogP contribution >= 0.6 is 0 Å². The molecule has 1 aromatic heterocycles. The minimum atomic E-state index is 0.780. The lowest BCUT2D eigenvalue weighted by Gasteiger charge is -2.32. The number of aromatic nitrogens is 1. The van der Waals surface area contributed by atoms with Crippen LogP contribution in [0, 0.1) is 0 Å². The molecule has 3 N–H and O–H groups in total. The molecular formula is C16H23N5. The second-order valence-corrected chi connectivity index (χ2v) is 5.70. The number of likely N-dealkylation sites (N-methyl/N-ethyl adjacent to an activating group) is 1. The molecule has 0 spiro atoms. The number of nitrogens with one attached hydrogen (secondary N) is 1. The molecule has 2 aromatic rings. The van der Waals surface area contributed by atoms with Gasteiger partial charge in [-0.05, 0) is 25.2 Å². The number of nitrogens with two attached hydrogens (primary N) is 1. The Kier molecular flexibility index (Phi) is 4.22. The highest BCUT2D eigenvalue weighted by molar-refractivity contribution is 6.00. The molecule has 3 rings (SSSR count). The number of benzene rings is 1. The average molecular weight is 285 g/mol. The Bertz CT molecular complexity index is 605. The molecule has 0 aliphatic carbocycles. The van der Waals surface area contributed by atoms with Crippen molar-refractivity contribution in [2.75, 3.05) is 57.4 Å². The predicted octanol–water partition coefficient (Wildman–Crippen LogP) is 1.48. The van der Waals surface area contributed by atoms with Gasteiger partial charge in [0.15, 0.2) is 0 Å². The van der Waals surface area contributed by atoms with Crippen LogP contribution in [-0.2, 0) is 0 Å². The third-order valence-corrected chi connectivity index (χ3v) is 4.19. The molecule has 5 nitrogen and oxygen atoms in total. The van der Waals surface area contributed by atoms with E-state index >= 15 is 0 Å². The molecule has 0 saturated carbocycles. The van der Waals surface area contributed by atoms with Gasteiger partial charge < -0.3 is 16.0 Å². The summed E-state index contributed by atoms with van der Waals surface area (Å²) in [5.41, 5.74) is 7.92. The number of hydrogen-bond donors (Lipinski definition) is 2. The lowest BCUT2D eigenvalue weighted by molar-refractivity contribution is 0.158. The Morgan fingerprint density at radius 1 is 1.14 bits per heavy atom. The van der Waals surface area contributed by atoms with Crippen LogP contribution in [0.2, 0.25) is 0 Å². The van der Waals surface area contributed by atoms with Crippen molar-refractivity contribution in [2.45, 2.75) is 0 Å². The summed E-state index contributed by atoms with van der Waals surface area (Å²) < 4.78 is 0. The number of piperazine rings is 1. The molecular weight excluding hydrogens is 262 g/mol. The van der Waals surface area contributed by atoms with Crippen LogP contribution in [0.5, 0.6) is 0 Å². The van der Waals surface area contributed by atoms with Crippen molar-refractivity contribution < 1.29 is 0 Å². The van der Waals surface area contributed by atoms with Gasteiger partial charge in [0.1, 0.15) is 0 Å². The summed E-state index contributed by atoms with van der Waals surface area (Å²) in [6.45, 7) is 6.66. The van der Waals surface area contributed by atoms with E-state index < -0.39 is 0 Å². The normalized spacial score (nSPS) is 17.2. The van der Waals surface area contributed by atoms with Crippen molar-refractivity contribution in [3.63, 3.8) is 0 Å². The molecule has 2 heterocycles. The third-order valence-electron chi connectivity index (χ3n) is 4.19. The van der Waals surface area contributed by atoms with Crippen LogP contribution in [0.25, 0.3) is 10.8 Å². The molecule has 0 atom stereocenters. The van der Waals surface area contributed by atoms with E-state index in [1.54, 1.807) is 0 Å². The fraction of sp³-hybridized carbons (Fsp3) is 0.438. The van der Waals surface area contributed by atoms with Crippen LogP contribution in [0.1, 0.15) is 0 Å². The Labute approximate surface area is 125 Å². The monoisotopic (exact) mass is 285 g/mol. The van der Waals surface area contributed by atoms with Crippen LogP contribution in [0.4, 0.5) is 11.4 Å². The molecule has 21 heavy (non-hydrogen) atoms. The van der Waals surface area contributed by atoms with E-state index in [-0.39, 0.29) is 0 Å². The van der Waals surface area contributed by atoms with Crippen LogP contribution in [-0.4, -0.2) is 61.1 Å². The quantitative estimate of drug-likeness (QED) is 0.833. The number of fused-ring (bicyclic) bond motifs is 1. The van der Waals surface area contributed by atoms with E-state index in [0.717, 1.165) is 61.4 Å². The summed E-state index contributed by atoms with van der Waals surface area (Å²) in [5, 5.41) is 5.69. The van der Waals surface area contributed by atoms with E-state index in [4.69, 9.17) is 5.73 Å². The van der Waals surface area contributed by atoms with Crippen molar-refractivity contribution >= 4 is 22.1 Å². The average Bonchev–Trinajstić information content (AvgIpc) is 2.52. The SMILES string of the molecule is CN1CCN(CCNc2ccc(N)c3cnccc23)CC1. The predicted molar refractivity (Wildman–Crippen MR) is 88.6 cm³/mol. The molecule has 1 aliphatic heterocycles. The van der Waals surface area contributed by atoms with Gasteiger partial charge in [-0.1, -0.05) is 0 Å². The highest BCUT2D eigenvalue weighted by atomic mass is 15.2. The molecule has 5 heteroatoms. The maximum Gasteiger partial charge on any atom is 0.0422 e. The van der Waals surface area contributed by atoms with E-state index in [1.165, 1.54) is 0 Å². The fourth-order valence-electron chi connectivity index (χ4n) is 2.79. The zero-order valence-corrected chi connectivity index (χ0v) is 12.5. The summed E-state index contributed by atoms with van der Waals surface area (Å²) in [4.78, 5) is 9.04. The number of hydrogen-bond acceptors (Lipinski definition) is 5. The molecule has 1 aliphatic rings. The van der Waals surface area contributed by atoms with Gasteiger partial charge in [0.2, 0.25) is 0 Å². The van der Waals surface area contributed by atoms with Gasteiger partial charge >= 0.3 is 0 Å². The van der Waals surface area contributed by atoms with Gasteiger partial charge in [-0.15, -0.1) is 0 Å². The first-order chi connectivity index (χ1) is 10.2. The van der Waals surface area contributed by atoms with Crippen molar-refractivity contribution in [1.82, 2.24) is 14.8 Å². The summed E-state index contributed by atoms with van der Waals surface area (Å²) in [7, 11) is 2.18. The van der Waals surface area contributed by atoms with Gasteiger partial charge in [0.25, 0.3) is 0 Å². The molecule has 0 radical (unpaired) electrons. The van der Waals surface area contributed by atoms with Crippen molar-refractivity contribution in [3.8, 4) is 0 Å². The zero-order chi connectivity index (χ0) is 14.7. The first-order valence-corrected chi connectivity index (χ1v) is 7.51. The summed E-state index contributed by atoms with van der Waals surface area (Å²) in [6, 6.07) is 6.02. The fourth-order valence-corrected chi connectivity index (χ4v) is 2.79. The zero-order valence-electron chi connectivity index (χ0n) is 12.5. The Morgan fingerprint density at radius 2 is 1.95 bits per heavy atom. The van der Waals surface area contributed by atoms with Crippen molar-refractivity contribution in [1.29, 1.82) is 0 Å². The minimum Gasteiger partial charge on any atom is -0.398 e. The Morgan fingerprint density at radius 3 is 2.76 bits per heavy atom. The van der Waals surface area contributed by atoms with E-state index in [2.05, 4.69) is 33.2 Å². The maximum atomic E-state index is 6.00. The standard InChI is InChI=1S/C16H23N5/c1-20-8-10-21(11-9-20)7-6-19-16-3-2-15(17)14-12-18-5-4-13(14)16/h2-5,12,19H,6-11,17H2,1H3. The Balaban J connectivity index is 1.62. The van der Waals surface area contributed by atoms with E-state index in [9.17, 15) is 0 Å². The van der Waals surface area contributed by atoms with E-state index in [0.29, 0.717) is 0 Å². The summed E-state index contributed by atoms with van der Waals surface area (Å²) >= 11 is 0. The van der Waals surface area contributed by atoms with E-state index in [1.807, 2.05) is 24.5 Å².